The molecule has 0 aromatic carbocycles. The minimum absolute atomic E-state index is 0.0193. The highest BCUT2D eigenvalue weighted by molar-refractivity contribution is 5.85. The van der Waals surface area contributed by atoms with Crippen LogP contribution in [0.15, 0.2) is 10.9 Å². The van der Waals surface area contributed by atoms with Crippen molar-refractivity contribution >= 4 is 5.91 Å². The molecule has 18 heavy (non-hydrogen) atoms. The Morgan fingerprint density at radius 1 is 1.56 bits per heavy atom. The van der Waals surface area contributed by atoms with E-state index in [1.807, 2.05) is 13.8 Å². The molecule has 1 aromatic rings. The summed E-state index contributed by atoms with van der Waals surface area (Å²) in [5.74, 6) is 0.466. The van der Waals surface area contributed by atoms with Gasteiger partial charge >= 0.3 is 0 Å². The fourth-order valence-electron chi connectivity index (χ4n) is 2.01. The molecule has 1 aliphatic heterocycles. The smallest absolute Gasteiger partial charge is 0.240 e. The number of piperazine rings is 1. The lowest BCUT2D eigenvalue weighted by Gasteiger charge is -2.39. The van der Waals surface area contributed by atoms with E-state index in [1.54, 1.807) is 0 Å². The summed E-state index contributed by atoms with van der Waals surface area (Å²) < 4.78 is 4.62. The van der Waals surface area contributed by atoms with Gasteiger partial charge < -0.3 is 15.2 Å². The second-order valence-electron chi connectivity index (χ2n) is 4.83. The van der Waals surface area contributed by atoms with Gasteiger partial charge in [-0.15, -0.1) is 0 Å². The minimum atomic E-state index is -0.522. The number of aromatic nitrogens is 2. The molecule has 0 aliphatic carbocycles. The van der Waals surface area contributed by atoms with Gasteiger partial charge in [-0.05, 0) is 13.8 Å². The number of nitrogens with zero attached hydrogens (tertiary/aromatic N) is 3. The number of carbonyl (C=O) groups is 1. The third-order valence-electron chi connectivity index (χ3n) is 3.28. The quantitative estimate of drug-likeness (QED) is 0.743. The molecule has 0 unspecified atom stereocenters. The van der Waals surface area contributed by atoms with Gasteiger partial charge in [0.15, 0.2) is 5.82 Å². The van der Waals surface area contributed by atoms with E-state index >= 15 is 0 Å². The Morgan fingerprint density at radius 2 is 2.28 bits per heavy atom. The predicted molar refractivity (Wildman–Crippen MR) is 64.7 cm³/mol. The molecule has 0 radical (unpaired) electrons. The normalized spacial score (nSPS) is 17.7. The van der Waals surface area contributed by atoms with E-state index in [1.165, 1.54) is 6.39 Å². The summed E-state index contributed by atoms with van der Waals surface area (Å²) in [6.45, 7) is 7.76. The summed E-state index contributed by atoms with van der Waals surface area (Å²) in [6.07, 6.45) is 1.25. The zero-order chi connectivity index (χ0) is 13.0. The summed E-state index contributed by atoms with van der Waals surface area (Å²) in [4.78, 5) is 18.2. The number of rotatable bonds is 4. The summed E-state index contributed by atoms with van der Waals surface area (Å²) in [5.41, 5.74) is -0.522. The van der Waals surface area contributed by atoms with Crippen LogP contribution >= 0.6 is 0 Å². The van der Waals surface area contributed by atoms with Gasteiger partial charge in [0.2, 0.25) is 12.3 Å². The van der Waals surface area contributed by atoms with Gasteiger partial charge in [0.1, 0.15) is 0 Å². The SMILES string of the molecule is CC(C)(C(=O)NCc1ncon1)N1CCNCC1. The van der Waals surface area contributed by atoms with Gasteiger partial charge in [-0.3, -0.25) is 9.69 Å². The Bertz CT molecular complexity index is 384. The molecule has 2 rings (SSSR count). The molecule has 100 valence electrons. The topological polar surface area (TPSA) is 83.3 Å². The maximum absolute atomic E-state index is 12.2. The summed E-state index contributed by atoms with van der Waals surface area (Å²) in [6, 6.07) is 0. The molecule has 1 aliphatic rings. The highest BCUT2D eigenvalue weighted by Gasteiger charge is 2.34. The van der Waals surface area contributed by atoms with Crippen LogP contribution in [-0.4, -0.2) is 52.7 Å². The van der Waals surface area contributed by atoms with E-state index in [4.69, 9.17) is 0 Å². The number of hydrogen-bond donors (Lipinski definition) is 2. The van der Waals surface area contributed by atoms with Crippen LogP contribution in [0.2, 0.25) is 0 Å². The zero-order valence-electron chi connectivity index (χ0n) is 10.8. The van der Waals surface area contributed by atoms with E-state index in [0.717, 1.165) is 26.2 Å². The van der Waals surface area contributed by atoms with E-state index in [9.17, 15) is 4.79 Å². The number of carbonyl (C=O) groups excluding carboxylic acids is 1. The minimum Gasteiger partial charge on any atom is -0.347 e. The highest BCUT2D eigenvalue weighted by atomic mass is 16.5. The molecule has 0 spiro atoms. The molecule has 1 aromatic heterocycles. The van der Waals surface area contributed by atoms with Crippen LogP contribution in [0.4, 0.5) is 0 Å². The second-order valence-corrected chi connectivity index (χ2v) is 4.83. The van der Waals surface area contributed by atoms with Crippen molar-refractivity contribution in [1.29, 1.82) is 0 Å². The van der Waals surface area contributed by atoms with Crippen molar-refractivity contribution in [3.63, 3.8) is 0 Å². The largest absolute Gasteiger partial charge is 0.347 e. The fourth-order valence-corrected chi connectivity index (χ4v) is 2.01. The Kier molecular flexibility index (Phi) is 3.93. The van der Waals surface area contributed by atoms with Crippen molar-refractivity contribution in [2.75, 3.05) is 26.2 Å². The van der Waals surface area contributed by atoms with Crippen molar-refractivity contribution in [2.45, 2.75) is 25.9 Å². The lowest BCUT2D eigenvalue weighted by atomic mass is 10.0. The van der Waals surface area contributed by atoms with Crippen LogP contribution in [0.25, 0.3) is 0 Å². The Morgan fingerprint density at radius 3 is 2.89 bits per heavy atom. The van der Waals surface area contributed by atoms with Crippen molar-refractivity contribution < 1.29 is 9.32 Å². The summed E-state index contributed by atoms with van der Waals surface area (Å²) in [7, 11) is 0. The van der Waals surface area contributed by atoms with Gasteiger partial charge in [-0.2, -0.15) is 4.98 Å². The van der Waals surface area contributed by atoms with Crippen molar-refractivity contribution in [2.24, 2.45) is 0 Å². The molecule has 2 heterocycles. The third kappa shape index (κ3) is 2.85. The lowest BCUT2D eigenvalue weighted by Crippen LogP contribution is -2.59. The fraction of sp³-hybridized carbons (Fsp3) is 0.727. The molecular weight excluding hydrogens is 234 g/mol. The van der Waals surface area contributed by atoms with Crippen molar-refractivity contribution in [3.8, 4) is 0 Å². The molecule has 7 heteroatoms. The third-order valence-corrected chi connectivity index (χ3v) is 3.28. The molecule has 1 fully saturated rings. The maximum Gasteiger partial charge on any atom is 0.240 e. The Hall–Kier alpha value is -1.47. The molecule has 0 bridgehead atoms. The number of nitrogens with one attached hydrogen (secondary N) is 2. The van der Waals surface area contributed by atoms with Crippen molar-refractivity contribution in [1.82, 2.24) is 25.7 Å². The summed E-state index contributed by atoms with van der Waals surface area (Å²) in [5, 5.41) is 9.77. The van der Waals surface area contributed by atoms with Gasteiger partial charge in [0.05, 0.1) is 12.1 Å². The molecule has 7 nitrogen and oxygen atoms in total. The monoisotopic (exact) mass is 253 g/mol. The average Bonchev–Trinajstić information content (AvgIpc) is 2.90. The predicted octanol–water partition coefficient (Wildman–Crippen LogP) is -0.630. The first-order valence-electron chi connectivity index (χ1n) is 6.10. The molecule has 1 saturated heterocycles. The average molecular weight is 253 g/mol. The molecule has 1 amide bonds. The Balaban J connectivity index is 1.89. The standard InChI is InChI=1S/C11H19N5O2/c1-11(2,16-5-3-12-4-6-16)10(17)13-7-9-14-8-18-15-9/h8,12H,3-7H2,1-2H3,(H,13,17). The number of amides is 1. The highest BCUT2D eigenvalue weighted by Crippen LogP contribution is 2.15. The molecule has 2 N–H and O–H groups in total. The lowest BCUT2D eigenvalue weighted by molar-refractivity contribution is -0.132. The van der Waals surface area contributed by atoms with Crippen LogP contribution in [0.1, 0.15) is 19.7 Å². The van der Waals surface area contributed by atoms with Gasteiger partial charge in [-0.1, -0.05) is 5.16 Å². The summed E-state index contributed by atoms with van der Waals surface area (Å²) >= 11 is 0. The zero-order valence-corrected chi connectivity index (χ0v) is 10.8. The van der Waals surface area contributed by atoms with E-state index in [-0.39, 0.29) is 5.91 Å². The molecule has 0 atom stereocenters. The van der Waals surface area contributed by atoms with Crippen LogP contribution < -0.4 is 10.6 Å². The first kappa shape index (κ1) is 13.0. The van der Waals surface area contributed by atoms with Gasteiger partial charge in [0.25, 0.3) is 0 Å². The van der Waals surface area contributed by atoms with Crippen LogP contribution in [0, 0.1) is 0 Å². The van der Waals surface area contributed by atoms with Gasteiger partial charge in [0, 0.05) is 26.2 Å². The van der Waals surface area contributed by atoms with Crippen LogP contribution in [0.5, 0.6) is 0 Å². The Labute approximate surface area is 106 Å². The van der Waals surface area contributed by atoms with E-state index in [0.29, 0.717) is 12.4 Å². The van der Waals surface area contributed by atoms with Crippen molar-refractivity contribution in [3.05, 3.63) is 12.2 Å². The first-order chi connectivity index (χ1) is 8.60. The molecule has 0 saturated carbocycles. The second kappa shape index (κ2) is 5.45. The van der Waals surface area contributed by atoms with Gasteiger partial charge in [-0.25, -0.2) is 0 Å². The van der Waals surface area contributed by atoms with Crippen LogP contribution in [0.3, 0.4) is 0 Å². The maximum atomic E-state index is 12.2. The van der Waals surface area contributed by atoms with Crippen LogP contribution in [-0.2, 0) is 11.3 Å². The number of hydrogen-bond acceptors (Lipinski definition) is 6. The van der Waals surface area contributed by atoms with E-state index < -0.39 is 5.54 Å². The molecular formula is C11H19N5O2. The van der Waals surface area contributed by atoms with E-state index in [2.05, 4.69) is 30.2 Å². The first-order valence-corrected chi connectivity index (χ1v) is 6.10.